The molecule has 1 heterocycles. The Morgan fingerprint density at radius 3 is 2.88 bits per heavy atom. The molecule has 5 nitrogen and oxygen atoms in total. The Labute approximate surface area is 97.7 Å². The number of hydrogen-bond acceptors (Lipinski definition) is 2. The molecule has 0 radical (unpaired) electrons. The fraction of sp³-hybridized carbons (Fsp3) is 0.333. The molecule has 90 valence electrons. The first-order chi connectivity index (χ1) is 7.99. The van der Waals surface area contributed by atoms with Crippen LogP contribution >= 0.6 is 0 Å². The van der Waals surface area contributed by atoms with E-state index >= 15 is 0 Å². The topological polar surface area (TPSA) is 75.1 Å². The Bertz CT molecular complexity index is 624. The van der Waals surface area contributed by atoms with Crippen molar-refractivity contribution in [1.82, 2.24) is 9.55 Å². The number of aromatic amines is 1. The summed E-state index contributed by atoms with van der Waals surface area (Å²) in [6, 6.07) is 5.61. The minimum atomic E-state index is -0.904. The van der Waals surface area contributed by atoms with Gasteiger partial charge >= 0.3 is 11.7 Å². The van der Waals surface area contributed by atoms with Gasteiger partial charge in [0, 0.05) is 6.54 Å². The van der Waals surface area contributed by atoms with Crippen LogP contribution in [-0.2, 0) is 11.3 Å². The van der Waals surface area contributed by atoms with Gasteiger partial charge in [0.25, 0.3) is 0 Å². The molecule has 0 saturated heterocycles. The van der Waals surface area contributed by atoms with E-state index < -0.39 is 11.9 Å². The molecule has 1 atom stereocenters. The third kappa shape index (κ3) is 2.08. The molecule has 0 amide bonds. The molecule has 2 rings (SSSR count). The van der Waals surface area contributed by atoms with E-state index in [-0.39, 0.29) is 12.2 Å². The van der Waals surface area contributed by atoms with Crippen LogP contribution < -0.4 is 5.69 Å². The van der Waals surface area contributed by atoms with E-state index in [4.69, 9.17) is 5.11 Å². The van der Waals surface area contributed by atoms with E-state index in [0.29, 0.717) is 0 Å². The number of carboxylic acid groups (broad SMARTS) is 1. The number of H-pyrrole nitrogens is 1. The molecule has 0 aliphatic rings. The van der Waals surface area contributed by atoms with Gasteiger partial charge in [0.2, 0.25) is 0 Å². The number of carbonyl (C=O) groups is 1. The fourth-order valence-electron chi connectivity index (χ4n) is 1.80. The third-order valence-corrected chi connectivity index (χ3v) is 2.81. The predicted molar refractivity (Wildman–Crippen MR) is 64.1 cm³/mol. The maximum atomic E-state index is 11.7. The molecule has 0 aliphatic carbocycles. The first-order valence-electron chi connectivity index (χ1n) is 5.41. The van der Waals surface area contributed by atoms with Crippen molar-refractivity contribution < 1.29 is 9.90 Å². The molecule has 1 unspecified atom stereocenters. The molecule has 0 fully saturated rings. The van der Waals surface area contributed by atoms with E-state index in [1.165, 1.54) is 4.57 Å². The van der Waals surface area contributed by atoms with Crippen LogP contribution in [0.25, 0.3) is 11.0 Å². The van der Waals surface area contributed by atoms with Gasteiger partial charge in [-0.2, -0.15) is 0 Å². The number of aliphatic carboxylic acids is 1. The zero-order valence-electron chi connectivity index (χ0n) is 9.73. The van der Waals surface area contributed by atoms with Gasteiger partial charge in [0.05, 0.1) is 17.0 Å². The average molecular weight is 234 g/mol. The minimum Gasteiger partial charge on any atom is -0.481 e. The molecular formula is C12H14N2O3. The first kappa shape index (κ1) is 11.4. The van der Waals surface area contributed by atoms with Crippen LogP contribution in [-0.4, -0.2) is 20.6 Å². The number of nitrogens with one attached hydrogen (secondary N) is 1. The summed E-state index contributed by atoms with van der Waals surface area (Å²) in [6.07, 6.45) is 0. The molecule has 0 saturated carbocycles. The number of imidazole rings is 1. The van der Waals surface area contributed by atoms with Gasteiger partial charge in [0.1, 0.15) is 0 Å². The van der Waals surface area contributed by atoms with Crippen molar-refractivity contribution in [3.8, 4) is 0 Å². The zero-order valence-corrected chi connectivity index (χ0v) is 9.73. The van der Waals surface area contributed by atoms with Crippen LogP contribution in [0, 0.1) is 12.8 Å². The van der Waals surface area contributed by atoms with Crippen molar-refractivity contribution in [1.29, 1.82) is 0 Å². The van der Waals surface area contributed by atoms with Crippen LogP contribution in [0.2, 0.25) is 0 Å². The van der Waals surface area contributed by atoms with Crippen molar-refractivity contribution in [2.75, 3.05) is 0 Å². The van der Waals surface area contributed by atoms with Gasteiger partial charge in [-0.05, 0) is 24.6 Å². The van der Waals surface area contributed by atoms with E-state index in [0.717, 1.165) is 16.6 Å². The molecule has 1 aromatic carbocycles. The molecule has 0 spiro atoms. The number of aryl methyl sites for hydroxylation is 1. The average Bonchev–Trinajstić information content (AvgIpc) is 2.55. The Morgan fingerprint density at radius 2 is 2.24 bits per heavy atom. The van der Waals surface area contributed by atoms with Crippen molar-refractivity contribution in [2.24, 2.45) is 5.92 Å². The predicted octanol–water partition coefficient (Wildman–Crippen LogP) is 1.36. The Kier molecular flexibility index (Phi) is 2.75. The van der Waals surface area contributed by atoms with Crippen molar-refractivity contribution >= 4 is 17.0 Å². The number of fused-ring (bicyclic) bond motifs is 1. The Morgan fingerprint density at radius 1 is 1.53 bits per heavy atom. The maximum absolute atomic E-state index is 11.7. The van der Waals surface area contributed by atoms with Gasteiger partial charge in [-0.1, -0.05) is 13.0 Å². The lowest BCUT2D eigenvalue weighted by molar-refractivity contribution is -0.141. The van der Waals surface area contributed by atoms with E-state index in [9.17, 15) is 9.59 Å². The van der Waals surface area contributed by atoms with Crippen LogP contribution in [0.4, 0.5) is 0 Å². The highest BCUT2D eigenvalue weighted by molar-refractivity contribution is 5.76. The molecule has 1 aromatic heterocycles. The van der Waals surface area contributed by atoms with Crippen molar-refractivity contribution in [3.63, 3.8) is 0 Å². The van der Waals surface area contributed by atoms with Gasteiger partial charge in [-0.15, -0.1) is 0 Å². The molecule has 0 aliphatic heterocycles. The largest absolute Gasteiger partial charge is 0.481 e. The zero-order chi connectivity index (χ0) is 12.6. The summed E-state index contributed by atoms with van der Waals surface area (Å²) >= 11 is 0. The summed E-state index contributed by atoms with van der Waals surface area (Å²) in [6.45, 7) is 3.70. The highest BCUT2D eigenvalue weighted by atomic mass is 16.4. The second kappa shape index (κ2) is 4.08. The highest BCUT2D eigenvalue weighted by Crippen LogP contribution is 2.13. The minimum absolute atomic E-state index is 0.178. The molecule has 2 N–H and O–H groups in total. The maximum Gasteiger partial charge on any atom is 0.326 e. The number of benzene rings is 1. The quantitative estimate of drug-likeness (QED) is 0.842. The monoisotopic (exact) mass is 234 g/mol. The SMILES string of the molecule is Cc1ccc2[nH]c(=O)n(CC(C)C(=O)O)c2c1. The number of rotatable bonds is 3. The smallest absolute Gasteiger partial charge is 0.326 e. The molecule has 2 aromatic rings. The molecule has 0 bridgehead atoms. The van der Waals surface area contributed by atoms with Crippen molar-refractivity contribution in [2.45, 2.75) is 20.4 Å². The molecule has 5 heteroatoms. The second-order valence-electron chi connectivity index (χ2n) is 4.30. The summed E-state index contributed by atoms with van der Waals surface area (Å²) in [5.74, 6) is -1.49. The lowest BCUT2D eigenvalue weighted by Gasteiger charge is -2.07. The van der Waals surface area contributed by atoms with E-state index in [1.807, 2.05) is 25.1 Å². The summed E-state index contributed by atoms with van der Waals surface area (Å²) in [4.78, 5) is 25.2. The Hall–Kier alpha value is -2.04. The van der Waals surface area contributed by atoms with E-state index in [2.05, 4.69) is 4.98 Å². The summed E-state index contributed by atoms with van der Waals surface area (Å²) in [5.41, 5.74) is 2.26. The van der Waals surface area contributed by atoms with Gasteiger partial charge in [-0.3, -0.25) is 9.36 Å². The first-order valence-corrected chi connectivity index (χ1v) is 5.41. The number of carboxylic acids is 1. The second-order valence-corrected chi connectivity index (χ2v) is 4.30. The molecule has 17 heavy (non-hydrogen) atoms. The number of hydrogen-bond donors (Lipinski definition) is 2. The normalized spacial score (nSPS) is 12.8. The molecular weight excluding hydrogens is 220 g/mol. The van der Waals surface area contributed by atoms with E-state index in [1.54, 1.807) is 6.92 Å². The summed E-state index contributed by atoms with van der Waals surface area (Å²) in [5, 5.41) is 8.87. The van der Waals surface area contributed by atoms with Crippen LogP contribution in [0.15, 0.2) is 23.0 Å². The van der Waals surface area contributed by atoms with Gasteiger partial charge in [-0.25, -0.2) is 4.79 Å². The number of aromatic nitrogens is 2. The van der Waals surface area contributed by atoms with Gasteiger partial charge in [0.15, 0.2) is 0 Å². The lowest BCUT2D eigenvalue weighted by Crippen LogP contribution is -2.24. The van der Waals surface area contributed by atoms with Crippen molar-refractivity contribution in [3.05, 3.63) is 34.2 Å². The lowest BCUT2D eigenvalue weighted by atomic mass is 10.1. The standard InChI is InChI=1S/C12H14N2O3/c1-7-3-4-9-10(5-7)14(12(17)13-9)6-8(2)11(15)16/h3-5,8H,6H2,1-2H3,(H,13,17)(H,15,16). The summed E-state index contributed by atoms with van der Waals surface area (Å²) in [7, 11) is 0. The summed E-state index contributed by atoms with van der Waals surface area (Å²) < 4.78 is 1.47. The highest BCUT2D eigenvalue weighted by Gasteiger charge is 2.15. The third-order valence-electron chi connectivity index (χ3n) is 2.81. The van der Waals surface area contributed by atoms with Crippen LogP contribution in [0.3, 0.4) is 0 Å². The Balaban J connectivity index is 2.52. The number of nitrogens with zero attached hydrogens (tertiary/aromatic N) is 1. The van der Waals surface area contributed by atoms with Gasteiger partial charge < -0.3 is 10.1 Å². The fourth-order valence-corrected chi connectivity index (χ4v) is 1.80. The van der Waals surface area contributed by atoms with Crippen LogP contribution in [0.1, 0.15) is 12.5 Å². The van der Waals surface area contributed by atoms with Crippen LogP contribution in [0.5, 0.6) is 0 Å².